The van der Waals surface area contributed by atoms with Crippen molar-refractivity contribution in [2.24, 2.45) is 0 Å². The number of carbonyl (C=O) groups excluding carboxylic acids is 2. The van der Waals surface area contributed by atoms with Gasteiger partial charge in [0.2, 0.25) is 5.91 Å². The molecule has 5 aromatic rings. The molecule has 2 amide bonds. The molecule has 3 aromatic heterocycles. The van der Waals surface area contributed by atoms with Gasteiger partial charge in [-0.25, -0.2) is 22.8 Å². The van der Waals surface area contributed by atoms with Crippen LogP contribution in [0.25, 0.3) is 22.0 Å². The molecule has 3 atom stereocenters. The highest BCUT2D eigenvalue weighted by atomic mass is 35.5. The predicted molar refractivity (Wildman–Crippen MR) is 241 cm³/mol. The largest absolute Gasteiger partial charge is 0.448 e. The summed E-state index contributed by atoms with van der Waals surface area (Å²) in [5.74, 6) is -3.31. The molecule has 0 saturated heterocycles. The lowest BCUT2D eigenvalue weighted by Gasteiger charge is -2.23. The number of pyridine rings is 1. The van der Waals surface area contributed by atoms with Gasteiger partial charge < -0.3 is 20.3 Å². The summed E-state index contributed by atoms with van der Waals surface area (Å²) in [6, 6.07) is 5.79. The Morgan fingerprint density at radius 2 is 1.69 bits per heavy atom. The molecule has 0 radical (unpaired) electrons. The van der Waals surface area contributed by atoms with E-state index in [9.17, 15) is 54.0 Å². The van der Waals surface area contributed by atoms with E-state index in [0.29, 0.717) is 15.1 Å². The second-order valence-electron chi connectivity index (χ2n) is 16.1. The lowest BCUT2D eigenvalue weighted by Crippen LogP contribution is -2.35. The number of thioether (sulfide) groups is 1. The van der Waals surface area contributed by atoms with E-state index in [1.54, 1.807) is 20.1 Å². The maximum Gasteiger partial charge on any atom is 0.435 e. The van der Waals surface area contributed by atoms with Gasteiger partial charge in [-0.05, 0) is 74.3 Å². The number of hydrogen-bond donors (Lipinski definition) is 3. The Morgan fingerprint density at radius 1 is 1.04 bits per heavy atom. The summed E-state index contributed by atoms with van der Waals surface area (Å²) in [6.07, 6.45) is -10.4. The van der Waals surface area contributed by atoms with Crippen molar-refractivity contribution in [1.29, 1.82) is 0 Å². The number of carbonyl (C=O) groups is 2. The molecule has 6 rings (SSSR count). The maximum absolute atomic E-state index is 15.4. The van der Waals surface area contributed by atoms with Crippen molar-refractivity contribution >= 4 is 63.1 Å². The number of hydrogen-bond acceptors (Lipinski definition) is 10. The van der Waals surface area contributed by atoms with Crippen LogP contribution in [0.15, 0.2) is 42.5 Å². The zero-order chi connectivity index (χ0) is 52.3. The molecule has 0 fully saturated rings. The van der Waals surface area contributed by atoms with Crippen LogP contribution >= 0.6 is 23.4 Å². The quantitative estimate of drug-likeness (QED) is 0.0555. The predicted octanol–water partition coefficient (Wildman–Crippen LogP) is 9.23. The molecule has 3 heterocycles. The van der Waals surface area contributed by atoms with Gasteiger partial charge in [0.25, 0.3) is 5.92 Å². The van der Waals surface area contributed by atoms with Crippen molar-refractivity contribution in [3.8, 4) is 23.0 Å². The molecule has 1 aliphatic carbocycles. The van der Waals surface area contributed by atoms with Gasteiger partial charge in [-0.15, -0.1) is 11.8 Å². The molecule has 1 aliphatic rings. The van der Waals surface area contributed by atoms with Crippen molar-refractivity contribution in [2.75, 3.05) is 37.1 Å². The van der Waals surface area contributed by atoms with Crippen LogP contribution in [-0.4, -0.2) is 94.7 Å². The van der Waals surface area contributed by atoms with Crippen LogP contribution in [0.3, 0.4) is 0 Å². The van der Waals surface area contributed by atoms with Gasteiger partial charge >= 0.3 is 18.4 Å². The smallest absolute Gasteiger partial charge is 0.435 e. The van der Waals surface area contributed by atoms with Gasteiger partial charge in [0.15, 0.2) is 11.5 Å². The Morgan fingerprint density at radius 3 is 2.27 bits per heavy atom. The number of halogens is 11. The number of benzene rings is 2. The standard InChI is InChI=1S/C43H40ClF10N7O5S2.CH4O/c1-22-19-41(47,48)37-32(22)36(43(52,53)54)57-59(37)20-31(63)56-30(17-23-15-24(45)18-25(46)16-23)34-27(8-7-26(55-34)11-12-40(2,3)67-4)28-9-10-29(44)33-35(28)60(21-42(49,50)51)58-38(33)61(68(5)65)39(64)66-14-6-13-62;1-2/h7-10,15-16,18,22,30,62H,6,13-14,17,19-21H2,1-5H3,(H,56,63);2H,1H3/t22-,30?,68?;/m0./s1. The highest BCUT2D eigenvalue weighted by molar-refractivity contribution is 8.00. The first-order chi connectivity index (χ1) is 32.6. The number of nitrogens with one attached hydrogen (secondary N) is 1. The zero-order valence-corrected chi connectivity index (χ0v) is 40.2. The molecule has 0 aliphatic heterocycles. The van der Waals surface area contributed by atoms with Crippen molar-refractivity contribution in [1.82, 2.24) is 29.9 Å². The summed E-state index contributed by atoms with van der Waals surface area (Å²) < 4.78 is 165. The van der Waals surface area contributed by atoms with E-state index in [-0.39, 0.29) is 49.6 Å². The lowest BCUT2D eigenvalue weighted by atomic mass is 9.93. The minimum absolute atomic E-state index is 0.0169. The van der Waals surface area contributed by atoms with Gasteiger partial charge in [0, 0.05) is 55.6 Å². The molecule has 2 unspecified atom stereocenters. The lowest BCUT2D eigenvalue weighted by molar-refractivity contribution is -0.143. The highest BCUT2D eigenvalue weighted by Crippen LogP contribution is 2.52. The molecular weight excluding hydrogens is 1010 g/mol. The number of rotatable bonds is 14. The van der Waals surface area contributed by atoms with Crippen LogP contribution in [0, 0.1) is 23.5 Å². The van der Waals surface area contributed by atoms with E-state index in [0.717, 1.165) is 32.4 Å². The van der Waals surface area contributed by atoms with Crippen LogP contribution in [0.2, 0.25) is 5.02 Å². The maximum atomic E-state index is 15.4. The molecule has 13 nitrogen and oxygen atoms in total. The molecule has 0 spiro atoms. The summed E-state index contributed by atoms with van der Waals surface area (Å²) in [4.78, 5) is 32.1. The van der Waals surface area contributed by atoms with E-state index < -0.39 is 137 Å². The molecule has 3 N–H and O–H groups in total. The molecule has 0 saturated carbocycles. The average Bonchev–Trinajstić information content (AvgIpc) is 3.90. The fourth-order valence-corrected chi connectivity index (χ4v) is 8.62. The van der Waals surface area contributed by atoms with Crippen molar-refractivity contribution < 1.29 is 72.7 Å². The Bertz CT molecular complexity index is 2830. The Hall–Kier alpha value is -5.42. The fraction of sp³-hybridized carbons (Fsp3) is 0.432. The van der Waals surface area contributed by atoms with Gasteiger partial charge in [-0.2, -0.15) is 49.6 Å². The number of aromatic nitrogens is 5. The second-order valence-corrected chi connectivity index (χ2v) is 19.1. The second kappa shape index (κ2) is 21.9. The number of aliphatic hydroxyl groups is 2. The van der Waals surface area contributed by atoms with Crippen LogP contribution in [-0.2, 0) is 52.1 Å². The fourth-order valence-electron chi connectivity index (χ4n) is 7.60. The van der Waals surface area contributed by atoms with Crippen LogP contribution in [0.5, 0.6) is 0 Å². The molecule has 70 heavy (non-hydrogen) atoms. The number of fused-ring (bicyclic) bond motifs is 2. The Labute approximate surface area is 405 Å². The number of alkyl halides is 8. The SMILES string of the molecule is CO.CSC(C)(C)C#Cc1ccc(-c2ccc(Cl)c3c(N(C(=O)OCCCO)S(C)=O)nn(CC(F)(F)F)c23)c(C(Cc2cc(F)cc(F)c2)NC(=O)Cn2nc(C(F)(F)F)c3c2C(F)(F)C[C@@H]3C)n1. The first kappa shape index (κ1) is 55.5. The van der Waals surface area contributed by atoms with Gasteiger partial charge in [0.1, 0.15) is 47.1 Å². The van der Waals surface area contributed by atoms with Crippen molar-refractivity contribution in [3.63, 3.8) is 0 Å². The van der Waals surface area contributed by atoms with Crippen molar-refractivity contribution in [3.05, 3.63) is 93.0 Å². The monoisotopic (exact) mass is 1060 g/mol. The number of amides is 2. The molecule has 2 aromatic carbocycles. The van der Waals surface area contributed by atoms with Crippen LogP contribution in [0.4, 0.5) is 54.5 Å². The van der Waals surface area contributed by atoms with E-state index in [4.69, 9.17) is 21.4 Å². The number of nitrogens with zero attached hydrogens (tertiary/aromatic N) is 6. The summed E-state index contributed by atoms with van der Waals surface area (Å²) in [7, 11) is -1.38. The summed E-state index contributed by atoms with van der Waals surface area (Å²) >= 11 is 8.01. The van der Waals surface area contributed by atoms with Gasteiger partial charge in [0.05, 0.1) is 39.0 Å². The van der Waals surface area contributed by atoms with E-state index >= 15 is 8.78 Å². The van der Waals surface area contributed by atoms with E-state index in [1.807, 2.05) is 0 Å². The zero-order valence-electron chi connectivity index (χ0n) is 37.8. The number of anilines is 1. The molecular formula is C44H44ClF10N7O6S2. The number of aliphatic hydroxyl groups excluding tert-OH is 2. The third-order valence-electron chi connectivity index (χ3n) is 10.5. The first-order valence-electron chi connectivity index (χ1n) is 20.7. The van der Waals surface area contributed by atoms with E-state index in [1.165, 1.54) is 36.0 Å². The molecule has 26 heteroatoms. The average molecular weight is 1060 g/mol. The van der Waals surface area contributed by atoms with Gasteiger partial charge in [-0.3, -0.25) is 14.2 Å². The topological polar surface area (TPSA) is 165 Å². The molecule has 0 bridgehead atoms. The third kappa shape index (κ3) is 12.7. The van der Waals surface area contributed by atoms with E-state index in [2.05, 4.69) is 32.3 Å². The third-order valence-corrected chi connectivity index (χ3v) is 12.8. The minimum atomic E-state index is -5.19. The Balaban J connectivity index is 0.00000450. The summed E-state index contributed by atoms with van der Waals surface area (Å²) in [6.45, 7) is 0.832. The summed E-state index contributed by atoms with van der Waals surface area (Å²) in [5.41, 5.74) is -4.76. The summed E-state index contributed by atoms with van der Waals surface area (Å²) in [5, 5.41) is 25.5. The van der Waals surface area contributed by atoms with Crippen molar-refractivity contribution in [2.45, 2.75) is 88.1 Å². The normalized spacial score (nSPS) is 15.3. The first-order valence-corrected chi connectivity index (χ1v) is 23.8. The minimum Gasteiger partial charge on any atom is -0.448 e. The number of ether oxygens (including phenoxy) is 1. The van der Waals surface area contributed by atoms with Crippen LogP contribution in [0.1, 0.15) is 79.5 Å². The highest BCUT2D eigenvalue weighted by Gasteiger charge is 2.53. The van der Waals surface area contributed by atoms with Gasteiger partial charge in [-0.1, -0.05) is 30.5 Å². The Kier molecular flexibility index (Phi) is 17.4. The van der Waals surface area contributed by atoms with Crippen LogP contribution < -0.4 is 9.62 Å². The molecule has 380 valence electrons.